The fourth-order valence-electron chi connectivity index (χ4n) is 8.81. The van der Waals surface area contributed by atoms with Gasteiger partial charge in [0.05, 0.1) is 0 Å². The second-order valence-corrected chi connectivity index (χ2v) is 20.4. The molecule has 0 spiro atoms. The summed E-state index contributed by atoms with van der Waals surface area (Å²) in [5.74, 6) is 0.924. The predicted molar refractivity (Wildman–Crippen MR) is 275 cm³/mol. The number of hydrogen-bond donors (Lipinski definition) is 0. The van der Waals surface area contributed by atoms with Gasteiger partial charge in [-0.25, -0.2) is 0 Å². The number of ether oxygens (including phenoxy) is 3. The summed E-state index contributed by atoms with van der Waals surface area (Å²) in [6.45, 7) is 11.5. The topological polar surface area (TPSA) is 78.9 Å². The Balaban J connectivity index is 4.31. The van der Waals surface area contributed by atoms with Crippen LogP contribution in [0.4, 0.5) is 0 Å². The Morgan fingerprint density at radius 2 is 0.547 bits per heavy atom. The molecule has 0 aliphatic rings. The van der Waals surface area contributed by atoms with Gasteiger partial charge >= 0.3 is 17.9 Å². The molecular formula is C58H112O6. The van der Waals surface area contributed by atoms with Crippen LogP contribution in [0.3, 0.4) is 0 Å². The fraction of sp³-hybridized carbons (Fsp3) is 0.948. The van der Waals surface area contributed by atoms with Crippen molar-refractivity contribution in [2.45, 2.75) is 330 Å². The third-order valence-electron chi connectivity index (χ3n) is 13.9. The zero-order valence-corrected chi connectivity index (χ0v) is 43.9. The Morgan fingerprint density at radius 3 is 0.812 bits per heavy atom. The van der Waals surface area contributed by atoms with E-state index in [0.29, 0.717) is 19.3 Å². The van der Waals surface area contributed by atoms with Crippen LogP contribution in [0, 0.1) is 11.8 Å². The highest BCUT2D eigenvalue weighted by molar-refractivity contribution is 5.71. The molecule has 0 rings (SSSR count). The van der Waals surface area contributed by atoms with Crippen molar-refractivity contribution in [3.8, 4) is 0 Å². The second-order valence-electron chi connectivity index (χ2n) is 20.4. The Hall–Kier alpha value is -1.59. The quantitative estimate of drug-likeness (QED) is 0.0344. The predicted octanol–water partition coefficient (Wildman–Crippen LogP) is 18.9. The van der Waals surface area contributed by atoms with E-state index >= 15 is 0 Å². The molecule has 6 heteroatoms. The number of hydrogen-bond acceptors (Lipinski definition) is 6. The van der Waals surface area contributed by atoms with Gasteiger partial charge in [0.1, 0.15) is 13.2 Å². The van der Waals surface area contributed by atoms with E-state index in [1.165, 1.54) is 212 Å². The molecule has 0 amide bonds. The normalized spacial score (nSPS) is 12.9. The van der Waals surface area contributed by atoms with Gasteiger partial charge in [0.2, 0.25) is 0 Å². The lowest BCUT2D eigenvalue weighted by Gasteiger charge is -2.18. The average Bonchev–Trinajstić information content (AvgIpc) is 3.29. The van der Waals surface area contributed by atoms with E-state index in [9.17, 15) is 14.4 Å². The monoisotopic (exact) mass is 905 g/mol. The van der Waals surface area contributed by atoms with Crippen LogP contribution < -0.4 is 0 Å². The maximum absolute atomic E-state index is 12.9. The summed E-state index contributed by atoms with van der Waals surface area (Å²) in [6.07, 6.45) is 53.6. The molecule has 2 unspecified atom stereocenters. The summed E-state index contributed by atoms with van der Waals surface area (Å²) in [7, 11) is 0. The van der Waals surface area contributed by atoms with Crippen LogP contribution in [0.1, 0.15) is 324 Å². The van der Waals surface area contributed by atoms with Crippen molar-refractivity contribution in [2.75, 3.05) is 13.2 Å². The third-order valence-corrected chi connectivity index (χ3v) is 13.9. The molecule has 0 saturated heterocycles. The zero-order valence-electron chi connectivity index (χ0n) is 43.9. The fourth-order valence-corrected chi connectivity index (χ4v) is 8.81. The molecule has 0 aliphatic carbocycles. The first-order valence-corrected chi connectivity index (χ1v) is 28.8. The third kappa shape index (κ3) is 48.3. The summed E-state index contributed by atoms with van der Waals surface area (Å²) in [6, 6.07) is 0. The average molecular weight is 906 g/mol. The number of unbranched alkanes of at least 4 members (excludes halogenated alkanes) is 35. The SMILES string of the molecule is CCCCCCCCCCCCCCCCC(=O)OC[C@@H](COC(=O)CCCCCCCCCCCCC(C)CC)OC(=O)CCCCCCCCCCCCCCCCC(C)CC. The van der Waals surface area contributed by atoms with Crippen LogP contribution in [0.25, 0.3) is 0 Å². The van der Waals surface area contributed by atoms with Crippen LogP contribution in [-0.4, -0.2) is 37.2 Å². The summed E-state index contributed by atoms with van der Waals surface area (Å²) in [5.41, 5.74) is 0. The second kappa shape index (κ2) is 50.8. The van der Waals surface area contributed by atoms with Gasteiger partial charge in [0, 0.05) is 19.3 Å². The molecule has 0 heterocycles. The summed E-state index contributed by atoms with van der Waals surface area (Å²) in [4.78, 5) is 38.1. The van der Waals surface area contributed by atoms with Crippen molar-refractivity contribution in [1.82, 2.24) is 0 Å². The molecule has 0 bridgehead atoms. The van der Waals surface area contributed by atoms with Crippen LogP contribution >= 0.6 is 0 Å². The Morgan fingerprint density at radius 1 is 0.312 bits per heavy atom. The van der Waals surface area contributed by atoms with Crippen molar-refractivity contribution in [2.24, 2.45) is 11.8 Å². The van der Waals surface area contributed by atoms with Crippen molar-refractivity contribution < 1.29 is 28.6 Å². The lowest BCUT2D eigenvalue weighted by Crippen LogP contribution is -2.30. The van der Waals surface area contributed by atoms with Crippen LogP contribution in [0.5, 0.6) is 0 Å². The highest BCUT2D eigenvalue weighted by atomic mass is 16.6. The van der Waals surface area contributed by atoms with Gasteiger partial charge in [0.25, 0.3) is 0 Å². The van der Waals surface area contributed by atoms with Gasteiger partial charge < -0.3 is 14.2 Å². The minimum absolute atomic E-state index is 0.0628. The molecule has 0 radical (unpaired) electrons. The van der Waals surface area contributed by atoms with Gasteiger partial charge in [-0.15, -0.1) is 0 Å². The molecule has 0 aromatic carbocycles. The zero-order chi connectivity index (χ0) is 46.8. The van der Waals surface area contributed by atoms with E-state index in [0.717, 1.165) is 69.6 Å². The molecule has 3 atom stereocenters. The molecule has 0 saturated carbocycles. The van der Waals surface area contributed by atoms with E-state index < -0.39 is 6.10 Å². The standard InChI is InChI=1S/C58H112O6/c1-6-9-10-11-12-13-14-15-19-22-28-33-38-43-48-56(59)62-51-55(52-63-57(60)49-44-39-34-29-25-24-27-32-37-42-47-54(5)8-3)64-58(61)50-45-40-35-30-23-20-17-16-18-21-26-31-36-41-46-53(4)7-2/h53-55H,6-52H2,1-5H3/t53?,54?,55-/m0/s1. The smallest absolute Gasteiger partial charge is 0.306 e. The number of carbonyl (C=O) groups excluding carboxylic acids is 3. The maximum Gasteiger partial charge on any atom is 0.306 e. The highest BCUT2D eigenvalue weighted by Crippen LogP contribution is 2.19. The molecule has 0 aromatic rings. The molecule has 64 heavy (non-hydrogen) atoms. The van der Waals surface area contributed by atoms with E-state index in [4.69, 9.17) is 14.2 Å². The number of carbonyl (C=O) groups is 3. The molecule has 0 N–H and O–H groups in total. The highest BCUT2D eigenvalue weighted by Gasteiger charge is 2.19. The number of rotatable bonds is 52. The van der Waals surface area contributed by atoms with Crippen molar-refractivity contribution in [1.29, 1.82) is 0 Å². The van der Waals surface area contributed by atoms with E-state index in [1.54, 1.807) is 0 Å². The molecule has 380 valence electrons. The first-order chi connectivity index (χ1) is 31.3. The molecule has 0 aliphatic heterocycles. The van der Waals surface area contributed by atoms with Crippen LogP contribution in [0.15, 0.2) is 0 Å². The maximum atomic E-state index is 12.9. The van der Waals surface area contributed by atoms with Gasteiger partial charge in [0.15, 0.2) is 6.10 Å². The Kier molecular flexibility index (Phi) is 49.6. The molecule has 6 nitrogen and oxygen atoms in total. The van der Waals surface area contributed by atoms with Gasteiger partial charge in [-0.3, -0.25) is 14.4 Å². The van der Waals surface area contributed by atoms with Crippen molar-refractivity contribution in [3.05, 3.63) is 0 Å². The van der Waals surface area contributed by atoms with Crippen molar-refractivity contribution in [3.63, 3.8) is 0 Å². The Labute approximate surface area is 399 Å². The van der Waals surface area contributed by atoms with E-state index in [2.05, 4.69) is 34.6 Å². The van der Waals surface area contributed by atoms with Crippen LogP contribution in [-0.2, 0) is 28.6 Å². The van der Waals surface area contributed by atoms with Gasteiger partial charge in [-0.05, 0) is 31.1 Å². The summed E-state index contributed by atoms with van der Waals surface area (Å²) < 4.78 is 16.9. The van der Waals surface area contributed by atoms with Gasteiger partial charge in [-0.1, -0.05) is 285 Å². The molecule has 0 aromatic heterocycles. The van der Waals surface area contributed by atoms with Gasteiger partial charge in [-0.2, -0.15) is 0 Å². The summed E-state index contributed by atoms with van der Waals surface area (Å²) in [5, 5.41) is 0. The lowest BCUT2D eigenvalue weighted by atomic mass is 9.99. The van der Waals surface area contributed by atoms with Crippen LogP contribution in [0.2, 0.25) is 0 Å². The lowest BCUT2D eigenvalue weighted by molar-refractivity contribution is -0.167. The largest absolute Gasteiger partial charge is 0.462 e. The number of esters is 3. The van der Waals surface area contributed by atoms with E-state index in [-0.39, 0.29) is 31.1 Å². The minimum atomic E-state index is -0.763. The summed E-state index contributed by atoms with van der Waals surface area (Å²) >= 11 is 0. The minimum Gasteiger partial charge on any atom is -0.462 e. The molecular weight excluding hydrogens is 793 g/mol. The molecule has 0 fully saturated rings. The van der Waals surface area contributed by atoms with Crippen molar-refractivity contribution >= 4 is 17.9 Å². The Bertz CT molecular complexity index is 982. The first-order valence-electron chi connectivity index (χ1n) is 28.8. The van der Waals surface area contributed by atoms with E-state index in [1.807, 2.05) is 0 Å². The first kappa shape index (κ1) is 62.4.